The van der Waals surface area contributed by atoms with Gasteiger partial charge < -0.3 is 9.32 Å². The predicted molar refractivity (Wildman–Crippen MR) is 108 cm³/mol. The summed E-state index contributed by atoms with van der Waals surface area (Å²) < 4.78 is 5.19. The standard InChI is InChI=1S/C22H26N4O/c1-17-23-10-6-22(24-17)19-4-3-5-21(14-19)26-11-7-20(8-12-26)25(2)15-18-9-13-27-16-18/h3-6,9-10,13-14,16,20H,7-8,11-12,15H2,1-2H3. The highest BCUT2D eigenvalue weighted by Gasteiger charge is 2.23. The van der Waals surface area contributed by atoms with Crippen molar-refractivity contribution in [2.45, 2.75) is 32.4 Å². The van der Waals surface area contributed by atoms with E-state index in [-0.39, 0.29) is 0 Å². The van der Waals surface area contributed by atoms with Gasteiger partial charge in [0.25, 0.3) is 0 Å². The fourth-order valence-electron chi connectivity index (χ4n) is 3.84. The van der Waals surface area contributed by atoms with Crippen molar-refractivity contribution in [1.82, 2.24) is 14.9 Å². The van der Waals surface area contributed by atoms with Gasteiger partial charge in [0.05, 0.1) is 18.2 Å². The van der Waals surface area contributed by atoms with Crippen LogP contribution in [-0.2, 0) is 6.54 Å². The number of hydrogen-bond donors (Lipinski definition) is 0. The Hall–Kier alpha value is -2.66. The molecule has 140 valence electrons. The summed E-state index contributed by atoms with van der Waals surface area (Å²) in [6.45, 7) is 5.03. The van der Waals surface area contributed by atoms with Gasteiger partial charge in [0.2, 0.25) is 0 Å². The van der Waals surface area contributed by atoms with Crippen molar-refractivity contribution in [2.24, 2.45) is 0 Å². The molecule has 1 fully saturated rings. The highest BCUT2D eigenvalue weighted by atomic mass is 16.3. The van der Waals surface area contributed by atoms with Gasteiger partial charge >= 0.3 is 0 Å². The fourth-order valence-corrected chi connectivity index (χ4v) is 3.84. The second-order valence-corrected chi connectivity index (χ2v) is 7.30. The average Bonchev–Trinajstić information content (AvgIpc) is 3.21. The highest BCUT2D eigenvalue weighted by molar-refractivity contribution is 5.65. The molecule has 3 heterocycles. The van der Waals surface area contributed by atoms with E-state index < -0.39 is 0 Å². The van der Waals surface area contributed by atoms with Crippen LogP contribution < -0.4 is 4.90 Å². The van der Waals surface area contributed by atoms with Gasteiger partial charge in [0.15, 0.2) is 0 Å². The number of furan rings is 1. The molecular formula is C22H26N4O. The molecule has 5 heteroatoms. The van der Waals surface area contributed by atoms with Crippen molar-refractivity contribution < 1.29 is 4.42 Å². The molecule has 1 aromatic carbocycles. The first-order valence-corrected chi connectivity index (χ1v) is 9.55. The first-order valence-electron chi connectivity index (χ1n) is 9.55. The van der Waals surface area contributed by atoms with Crippen molar-refractivity contribution in [2.75, 3.05) is 25.0 Å². The molecule has 1 aliphatic rings. The second-order valence-electron chi connectivity index (χ2n) is 7.30. The topological polar surface area (TPSA) is 45.4 Å². The maximum absolute atomic E-state index is 5.19. The maximum Gasteiger partial charge on any atom is 0.125 e. The van der Waals surface area contributed by atoms with Crippen LogP contribution in [0.2, 0.25) is 0 Å². The van der Waals surface area contributed by atoms with Gasteiger partial charge in [-0.25, -0.2) is 9.97 Å². The van der Waals surface area contributed by atoms with E-state index in [0.717, 1.165) is 36.7 Å². The number of anilines is 1. The Morgan fingerprint density at radius 2 is 2.04 bits per heavy atom. The van der Waals surface area contributed by atoms with Crippen LogP contribution >= 0.6 is 0 Å². The molecule has 1 aliphatic heterocycles. The Kier molecular flexibility index (Phi) is 5.21. The molecule has 5 nitrogen and oxygen atoms in total. The Morgan fingerprint density at radius 3 is 2.78 bits per heavy atom. The summed E-state index contributed by atoms with van der Waals surface area (Å²) in [5.41, 5.74) is 4.66. The fraction of sp³-hybridized carbons (Fsp3) is 0.364. The third-order valence-corrected chi connectivity index (χ3v) is 5.38. The minimum absolute atomic E-state index is 0.615. The Morgan fingerprint density at radius 1 is 1.19 bits per heavy atom. The zero-order chi connectivity index (χ0) is 18.6. The molecule has 0 atom stereocenters. The number of rotatable bonds is 5. The van der Waals surface area contributed by atoms with Gasteiger partial charge in [-0.15, -0.1) is 0 Å². The molecule has 27 heavy (non-hydrogen) atoms. The van der Waals surface area contributed by atoms with Gasteiger partial charge in [0.1, 0.15) is 5.82 Å². The van der Waals surface area contributed by atoms with Crippen LogP contribution in [-0.4, -0.2) is 41.0 Å². The first kappa shape index (κ1) is 17.7. The summed E-state index contributed by atoms with van der Waals surface area (Å²) in [7, 11) is 2.21. The smallest absolute Gasteiger partial charge is 0.125 e. The van der Waals surface area contributed by atoms with E-state index in [2.05, 4.69) is 51.1 Å². The minimum Gasteiger partial charge on any atom is -0.472 e. The summed E-state index contributed by atoms with van der Waals surface area (Å²) >= 11 is 0. The van der Waals surface area contributed by atoms with Crippen molar-refractivity contribution in [3.63, 3.8) is 0 Å². The summed E-state index contributed by atoms with van der Waals surface area (Å²) in [6, 6.07) is 13.3. The lowest BCUT2D eigenvalue weighted by Crippen LogP contribution is -2.43. The molecule has 0 aliphatic carbocycles. The molecule has 0 unspecified atom stereocenters. The van der Waals surface area contributed by atoms with E-state index in [0.29, 0.717) is 6.04 Å². The number of hydrogen-bond acceptors (Lipinski definition) is 5. The largest absolute Gasteiger partial charge is 0.472 e. The molecule has 1 saturated heterocycles. The van der Waals surface area contributed by atoms with Crippen molar-refractivity contribution in [3.05, 3.63) is 66.5 Å². The lowest BCUT2D eigenvalue weighted by molar-refractivity contribution is 0.200. The zero-order valence-corrected chi connectivity index (χ0v) is 16.0. The van der Waals surface area contributed by atoms with Crippen molar-refractivity contribution >= 4 is 5.69 Å². The molecule has 0 N–H and O–H groups in total. The Bertz CT molecular complexity index is 870. The van der Waals surface area contributed by atoms with Crippen LogP contribution in [0.4, 0.5) is 5.69 Å². The zero-order valence-electron chi connectivity index (χ0n) is 16.0. The number of benzene rings is 1. The average molecular weight is 362 g/mol. The monoisotopic (exact) mass is 362 g/mol. The molecule has 3 aromatic rings. The van der Waals surface area contributed by atoms with Crippen molar-refractivity contribution in [3.8, 4) is 11.3 Å². The number of piperidine rings is 1. The van der Waals surface area contributed by atoms with Gasteiger partial charge in [-0.3, -0.25) is 4.90 Å². The van der Waals surface area contributed by atoms with E-state index in [9.17, 15) is 0 Å². The van der Waals surface area contributed by atoms with Crippen LogP contribution in [0.25, 0.3) is 11.3 Å². The molecule has 0 amide bonds. The van der Waals surface area contributed by atoms with Crippen LogP contribution in [0, 0.1) is 6.92 Å². The molecule has 2 aromatic heterocycles. The Balaban J connectivity index is 1.40. The number of aryl methyl sites for hydroxylation is 1. The normalized spacial score (nSPS) is 15.4. The lowest BCUT2D eigenvalue weighted by atomic mass is 10.0. The lowest BCUT2D eigenvalue weighted by Gasteiger charge is -2.38. The molecule has 0 spiro atoms. The second kappa shape index (κ2) is 7.92. The van der Waals surface area contributed by atoms with Crippen molar-refractivity contribution in [1.29, 1.82) is 0 Å². The van der Waals surface area contributed by atoms with E-state index in [1.165, 1.54) is 24.1 Å². The van der Waals surface area contributed by atoms with E-state index in [1.54, 1.807) is 6.26 Å². The van der Waals surface area contributed by atoms with Gasteiger partial charge in [0, 0.05) is 48.7 Å². The first-order chi connectivity index (χ1) is 13.2. The summed E-state index contributed by atoms with van der Waals surface area (Å²) in [4.78, 5) is 13.7. The van der Waals surface area contributed by atoms with Gasteiger partial charge in [-0.05, 0) is 51.1 Å². The summed E-state index contributed by atoms with van der Waals surface area (Å²) in [5, 5.41) is 0. The highest BCUT2D eigenvalue weighted by Crippen LogP contribution is 2.27. The molecule has 0 bridgehead atoms. The molecule has 0 saturated carbocycles. The van der Waals surface area contributed by atoms with E-state index >= 15 is 0 Å². The van der Waals surface area contributed by atoms with Crippen LogP contribution in [0.3, 0.4) is 0 Å². The maximum atomic E-state index is 5.19. The summed E-state index contributed by atoms with van der Waals surface area (Å²) in [6.07, 6.45) is 7.76. The van der Waals surface area contributed by atoms with Gasteiger partial charge in [-0.1, -0.05) is 12.1 Å². The van der Waals surface area contributed by atoms with Gasteiger partial charge in [-0.2, -0.15) is 0 Å². The minimum atomic E-state index is 0.615. The SMILES string of the molecule is Cc1nccc(-c2cccc(N3CCC(N(C)Cc4ccoc4)CC3)c2)n1. The molecule has 0 radical (unpaired) electrons. The van der Waals surface area contributed by atoms with Crippen LogP contribution in [0.1, 0.15) is 24.2 Å². The number of nitrogens with zero attached hydrogens (tertiary/aromatic N) is 4. The number of aromatic nitrogens is 2. The quantitative estimate of drug-likeness (QED) is 0.682. The predicted octanol–water partition coefficient (Wildman–Crippen LogP) is 4.15. The van der Waals surface area contributed by atoms with E-state index in [4.69, 9.17) is 4.42 Å². The van der Waals surface area contributed by atoms with E-state index in [1.807, 2.05) is 31.5 Å². The third kappa shape index (κ3) is 4.19. The third-order valence-electron chi connectivity index (χ3n) is 5.38. The van der Waals surface area contributed by atoms with Crippen LogP contribution in [0.5, 0.6) is 0 Å². The van der Waals surface area contributed by atoms with Crippen LogP contribution in [0.15, 0.2) is 59.5 Å². The summed E-state index contributed by atoms with van der Waals surface area (Å²) in [5.74, 6) is 0.805. The molecule has 4 rings (SSSR count). The molecular weight excluding hydrogens is 336 g/mol. The Labute approximate surface area is 160 Å².